The molecule has 9 heteroatoms. The van der Waals surface area contributed by atoms with Crippen LogP contribution in [-0.4, -0.2) is 42.1 Å². The number of carbonyl (C=O) groups excluding carboxylic acids is 3. The van der Waals surface area contributed by atoms with E-state index in [2.05, 4.69) is 15.6 Å². The molecule has 0 aliphatic heterocycles. The molecule has 0 radical (unpaired) electrons. The molecule has 0 atom stereocenters. The number of benzene rings is 2. The molecule has 31 heavy (non-hydrogen) atoms. The number of aromatic nitrogens is 1. The summed E-state index contributed by atoms with van der Waals surface area (Å²) >= 11 is 1.55. The highest BCUT2D eigenvalue weighted by atomic mass is 32.1. The summed E-state index contributed by atoms with van der Waals surface area (Å²) in [4.78, 5) is 40.9. The fourth-order valence-corrected chi connectivity index (χ4v) is 3.70. The maximum absolute atomic E-state index is 12.4. The van der Waals surface area contributed by atoms with Crippen molar-refractivity contribution in [3.05, 3.63) is 54.1 Å². The van der Waals surface area contributed by atoms with Crippen LogP contribution in [0.5, 0.6) is 0 Å². The van der Waals surface area contributed by atoms with Crippen LogP contribution < -0.4 is 10.6 Å². The lowest BCUT2D eigenvalue weighted by Gasteiger charge is -2.16. The first-order chi connectivity index (χ1) is 15.0. The molecule has 3 aromatic rings. The van der Waals surface area contributed by atoms with Crippen molar-refractivity contribution >= 4 is 50.2 Å². The number of carbonyl (C=O) groups is 3. The van der Waals surface area contributed by atoms with Gasteiger partial charge in [0.15, 0.2) is 5.13 Å². The lowest BCUT2D eigenvalue weighted by Crippen LogP contribution is -2.48. The highest BCUT2D eigenvalue weighted by Gasteiger charge is 2.31. The minimum absolute atomic E-state index is 0.00325. The van der Waals surface area contributed by atoms with Gasteiger partial charge in [0.2, 0.25) is 11.9 Å². The summed E-state index contributed by atoms with van der Waals surface area (Å²) in [6, 6.07) is 13.7. The second-order valence-corrected chi connectivity index (χ2v) is 7.52. The van der Waals surface area contributed by atoms with Crippen LogP contribution in [-0.2, 0) is 30.3 Å². The van der Waals surface area contributed by atoms with Crippen LogP contribution in [0.2, 0.25) is 0 Å². The maximum Gasteiger partial charge on any atom is 0.340 e. The van der Waals surface area contributed by atoms with Crippen LogP contribution in [0.3, 0.4) is 0 Å². The molecule has 1 amide bonds. The van der Waals surface area contributed by atoms with E-state index in [4.69, 9.17) is 9.47 Å². The van der Waals surface area contributed by atoms with Gasteiger partial charge in [0, 0.05) is 5.69 Å². The number of rotatable bonds is 9. The van der Waals surface area contributed by atoms with Crippen LogP contribution in [0.4, 0.5) is 10.8 Å². The summed E-state index contributed by atoms with van der Waals surface area (Å²) in [5.41, 5.74) is 2.49. The molecule has 0 unspecified atom stereocenters. The van der Waals surface area contributed by atoms with Gasteiger partial charge >= 0.3 is 11.9 Å². The molecule has 0 fully saturated rings. The van der Waals surface area contributed by atoms with Crippen molar-refractivity contribution in [3.63, 3.8) is 0 Å². The third-order valence-corrected chi connectivity index (χ3v) is 5.17. The Morgan fingerprint density at radius 3 is 2.23 bits per heavy atom. The first-order valence-electron chi connectivity index (χ1n) is 9.84. The van der Waals surface area contributed by atoms with Crippen molar-refractivity contribution in [2.24, 2.45) is 0 Å². The van der Waals surface area contributed by atoms with Crippen LogP contribution in [0, 0.1) is 0 Å². The monoisotopic (exact) mass is 441 g/mol. The summed E-state index contributed by atoms with van der Waals surface area (Å²) in [6.07, 6.45) is -0.00325. The zero-order valence-electron chi connectivity index (χ0n) is 17.2. The van der Waals surface area contributed by atoms with Gasteiger partial charge in [-0.15, -0.1) is 0 Å². The summed E-state index contributed by atoms with van der Waals surface area (Å²) in [5, 5.41) is 6.42. The van der Waals surface area contributed by atoms with E-state index in [-0.39, 0.29) is 19.6 Å². The second kappa shape index (κ2) is 10.5. The van der Waals surface area contributed by atoms with E-state index in [1.807, 2.05) is 36.4 Å². The summed E-state index contributed by atoms with van der Waals surface area (Å²) in [5.74, 6) is -2.17. The number of ether oxygens (including phenoxy) is 2. The molecule has 2 aromatic carbocycles. The number of fused-ring (bicyclic) bond motifs is 1. The predicted molar refractivity (Wildman–Crippen MR) is 118 cm³/mol. The minimum atomic E-state index is -1.48. The highest BCUT2D eigenvalue weighted by molar-refractivity contribution is 7.22. The van der Waals surface area contributed by atoms with E-state index in [9.17, 15) is 14.4 Å². The zero-order valence-corrected chi connectivity index (χ0v) is 18.0. The minimum Gasteiger partial charge on any atom is -0.464 e. The van der Waals surface area contributed by atoms with Gasteiger partial charge in [0.25, 0.3) is 0 Å². The van der Waals surface area contributed by atoms with E-state index >= 15 is 0 Å². The average molecular weight is 442 g/mol. The Labute approximate surface area is 183 Å². The number of esters is 2. The normalized spacial score (nSPS) is 10.7. The van der Waals surface area contributed by atoms with Gasteiger partial charge in [-0.25, -0.2) is 14.6 Å². The number of nitrogens with one attached hydrogen (secondary N) is 2. The Morgan fingerprint density at radius 1 is 0.968 bits per heavy atom. The lowest BCUT2D eigenvalue weighted by molar-refractivity contribution is -0.159. The van der Waals surface area contributed by atoms with E-state index < -0.39 is 23.9 Å². The number of hydrogen-bond acceptors (Lipinski definition) is 8. The standard InChI is InChI=1S/C22H23N3O5S/c1-3-29-20(27)19(21(28)30-4-2)25-18(26)13-14-9-11-15(12-10-14)23-22-24-16-7-5-6-8-17(16)31-22/h5-12,19H,3-4,13H2,1-2H3,(H,23,24)(H,25,26). The van der Waals surface area contributed by atoms with Gasteiger partial charge in [-0.3, -0.25) is 4.79 Å². The molecule has 3 rings (SSSR count). The summed E-state index contributed by atoms with van der Waals surface area (Å²) in [7, 11) is 0. The molecule has 0 saturated heterocycles. The predicted octanol–water partition coefficient (Wildman–Crippen LogP) is 3.19. The van der Waals surface area contributed by atoms with E-state index in [0.717, 1.165) is 26.6 Å². The van der Waals surface area contributed by atoms with Crippen LogP contribution in [0.15, 0.2) is 48.5 Å². The molecule has 0 spiro atoms. The lowest BCUT2D eigenvalue weighted by atomic mass is 10.1. The van der Waals surface area contributed by atoms with Crippen molar-refractivity contribution in [1.29, 1.82) is 0 Å². The number of hydrogen-bond donors (Lipinski definition) is 2. The SMILES string of the molecule is CCOC(=O)C(NC(=O)Cc1ccc(Nc2nc3ccccc3s2)cc1)C(=O)OCC. The third-order valence-electron chi connectivity index (χ3n) is 4.21. The number of para-hydroxylation sites is 1. The molecular weight excluding hydrogens is 418 g/mol. The van der Waals surface area contributed by atoms with Crippen LogP contribution >= 0.6 is 11.3 Å². The van der Waals surface area contributed by atoms with Crippen molar-refractivity contribution < 1.29 is 23.9 Å². The smallest absolute Gasteiger partial charge is 0.340 e. The Bertz CT molecular complexity index is 1010. The second-order valence-electron chi connectivity index (χ2n) is 6.49. The fourth-order valence-electron chi connectivity index (χ4n) is 2.82. The molecule has 1 heterocycles. The number of nitrogens with zero attached hydrogens (tertiary/aromatic N) is 1. The van der Waals surface area contributed by atoms with Gasteiger partial charge in [-0.2, -0.15) is 0 Å². The summed E-state index contributed by atoms with van der Waals surface area (Å²) < 4.78 is 10.8. The molecule has 162 valence electrons. The third kappa shape index (κ3) is 6.02. The van der Waals surface area contributed by atoms with Crippen molar-refractivity contribution in [1.82, 2.24) is 10.3 Å². The first-order valence-corrected chi connectivity index (χ1v) is 10.7. The Balaban J connectivity index is 1.60. The molecule has 2 N–H and O–H groups in total. The number of anilines is 2. The van der Waals surface area contributed by atoms with Crippen molar-refractivity contribution in [2.45, 2.75) is 26.3 Å². The topological polar surface area (TPSA) is 107 Å². The van der Waals surface area contributed by atoms with Crippen LogP contribution in [0.25, 0.3) is 10.2 Å². The van der Waals surface area contributed by atoms with Crippen molar-refractivity contribution in [2.75, 3.05) is 18.5 Å². The van der Waals surface area contributed by atoms with Gasteiger partial charge in [-0.1, -0.05) is 35.6 Å². The molecule has 1 aromatic heterocycles. The highest BCUT2D eigenvalue weighted by Crippen LogP contribution is 2.28. The Kier molecular flexibility index (Phi) is 7.55. The maximum atomic E-state index is 12.4. The van der Waals surface area contributed by atoms with Crippen LogP contribution in [0.1, 0.15) is 19.4 Å². The van der Waals surface area contributed by atoms with Gasteiger partial charge in [0.05, 0.1) is 29.9 Å². The van der Waals surface area contributed by atoms with Gasteiger partial charge in [0.1, 0.15) is 0 Å². The average Bonchev–Trinajstić information content (AvgIpc) is 3.16. The molecule has 0 saturated carbocycles. The number of thiazole rings is 1. The van der Waals surface area contributed by atoms with E-state index in [1.54, 1.807) is 37.3 Å². The number of amides is 1. The molecule has 8 nitrogen and oxygen atoms in total. The fraction of sp³-hybridized carbons (Fsp3) is 0.273. The van der Waals surface area contributed by atoms with Gasteiger partial charge < -0.3 is 20.1 Å². The van der Waals surface area contributed by atoms with Gasteiger partial charge in [-0.05, 0) is 43.7 Å². The molecular formula is C22H23N3O5S. The molecule has 0 aliphatic carbocycles. The molecule has 0 bridgehead atoms. The first kappa shape index (κ1) is 22.2. The Morgan fingerprint density at radius 2 is 1.61 bits per heavy atom. The van der Waals surface area contributed by atoms with Crippen molar-refractivity contribution in [3.8, 4) is 0 Å². The van der Waals surface area contributed by atoms with E-state index in [0.29, 0.717) is 0 Å². The molecule has 0 aliphatic rings. The Hall–Kier alpha value is -3.46. The largest absolute Gasteiger partial charge is 0.464 e. The zero-order chi connectivity index (χ0) is 22.2. The quantitative estimate of drug-likeness (QED) is 0.388. The van der Waals surface area contributed by atoms with E-state index in [1.165, 1.54) is 0 Å². The summed E-state index contributed by atoms with van der Waals surface area (Å²) in [6.45, 7) is 3.42.